The van der Waals surface area contributed by atoms with Gasteiger partial charge in [0.15, 0.2) is 0 Å². The first kappa shape index (κ1) is 12.8. The van der Waals surface area contributed by atoms with Crippen LogP contribution in [0.3, 0.4) is 0 Å². The van der Waals surface area contributed by atoms with Crippen LogP contribution >= 0.6 is 11.6 Å². The number of hydrogen-bond donors (Lipinski definition) is 0. The number of rotatable bonds is 4. The molecule has 0 N–H and O–H groups in total. The van der Waals surface area contributed by atoms with Crippen molar-refractivity contribution in [3.8, 4) is 5.75 Å². The van der Waals surface area contributed by atoms with Crippen LogP contribution in [-0.4, -0.2) is 11.5 Å². The minimum atomic E-state index is 0.172. The molecule has 0 aromatic heterocycles. The predicted octanol–water partition coefficient (Wildman–Crippen LogP) is 4.56. The highest BCUT2D eigenvalue weighted by molar-refractivity contribution is 6.21. The van der Waals surface area contributed by atoms with Gasteiger partial charge in [0.2, 0.25) is 0 Å². The Morgan fingerprint density at radius 3 is 2.59 bits per heavy atom. The molecule has 0 amide bonds. The summed E-state index contributed by atoms with van der Waals surface area (Å²) in [5, 5.41) is 0.271. The zero-order valence-electron chi connectivity index (χ0n) is 10.9. The second kappa shape index (κ2) is 4.89. The molecule has 1 fully saturated rings. The van der Waals surface area contributed by atoms with Crippen molar-refractivity contribution in [1.29, 1.82) is 0 Å². The van der Waals surface area contributed by atoms with Crippen molar-refractivity contribution < 1.29 is 4.74 Å². The standard InChI is InChI=1S/C15H21ClO/c1-4-15(5-2)13(16)10-14(15)17-12-8-6-7-11(3)9-12/h6-9,13-14H,4-5,10H2,1-3H3. The molecular weight excluding hydrogens is 232 g/mol. The molecule has 1 aliphatic carbocycles. The Bertz CT molecular complexity index is 384. The molecule has 0 heterocycles. The van der Waals surface area contributed by atoms with E-state index in [1.54, 1.807) is 0 Å². The third-order valence-corrected chi connectivity index (χ3v) is 4.88. The van der Waals surface area contributed by atoms with Crippen molar-refractivity contribution >= 4 is 11.6 Å². The van der Waals surface area contributed by atoms with Crippen LogP contribution in [-0.2, 0) is 0 Å². The molecule has 1 aliphatic rings. The quantitative estimate of drug-likeness (QED) is 0.714. The lowest BCUT2D eigenvalue weighted by molar-refractivity contribution is -0.0462. The molecule has 0 radical (unpaired) electrons. The molecule has 0 bridgehead atoms. The Hall–Kier alpha value is -0.690. The number of alkyl halides is 1. The van der Waals surface area contributed by atoms with Gasteiger partial charge in [0, 0.05) is 17.2 Å². The van der Waals surface area contributed by atoms with E-state index >= 15 is 0 Å². The fourth-order valence-electron chi connectivity index (χ4n) is 2.87. The van der Waals surface area contributed by atoms with E-state index in [1.807, 2.05) is 12.1 Å². The first-order valence-corrected chi connectivity index (χ1v) is 6.93. The monoisotopic (exact) mass is 252 g/mol. The highest BCUT2D eigenvalue weighted by Crippen LogP contribution is 2.51. The molecule has 0 spiro atoms. The second-order valence-corrected chi connectivity index (χ2v) is 5.59. The molecule has 1 saturated carbocycles. The van der Waals surface area contributed by atoms with E-state index in [9.17, 15) is 0 Å². The van der Waals surface area contributed by atoms with Crippen LogP contribution in [0.4, 0.5) is 0 Å². The fraction of sp³-hybridized carbons (Fsp3) is 0.600. The van der Waals surface area contributed by atoms with Crippen LogP contribution in [0.15, 0.2) is 24.3 Å². The van der Waals surface area contributed by atoms with Crippen molar-refractivity contribution in [3.05, 3.63) is 29.8 Å². The Morgan fingerprint density at radius 1 is 1.35 bits per heavy atom. The van der Waals surface area contributed by atoms with E-state index < -0.39 is 0 Å². The first-order chi connectivity index (χ1) is 8.12. The zero-order valence-corrected chi connectivity index (χ0v) is 11.6. The maximum atomic E-state index is 6.38. The van der Waals surface area contributed by atoms with Gasteiger partial charge in [0.25, 0.3) is 0 Å². The van der Waals surface area contributed by atoms with Crippen LogP contribution < -0.4 is 4.74 Å². The van der Waals surface area contributed by atoms with Crippen LogP contribution in [0.2, 0.25) is 0 Å². The minimum Gasteiger partial charge on any atom is -0.490 e. The highest BCUT2D eigenvalue weighted by Gasteiger charge is 2.53. The molecule has 2 rings (SSSR count). The van der Waals surface area contributed by atoms with Gasteiger partial charge >= 0.3 is 0 Å². The lowest BCUT2D eigenvalue weighted by Gasteiger charge is -2.52. The van der Waals surface area contributed by atoms with Gasteiger partial charge in [-0.15, -0.1) is 11.6 Å². The van der Waals surface area contributed by atoms with Gasteiger partial charge in [-0.2, -0.15) is 0 Å². The number of aryl methyl sites for hydroxylation is 1. The van der Waals surface area contributed by atoms with E-state index in [2.05, 4.69) is 32.9 Å². The van der Waals surface area contributed by atoms with Crippen LogP contribution in [0, 0.1) is 12.3 Å². The van der Waals surface area contributed by atoms with Gasteiger partial charge in [-0.3, -0.25) is 0 Å². The van der Waals surface area contributed by atoms with Crippen molar-refractivity contribution in [2.45, 2.75) is 51.5 Å². The number of ether oxygens (including phenoxy) is 1. The maximum Gasteiger partial charge on any atom is 0.120 e. The smallest absolute Gasteiger partial charge is 0.120 e. The summed E-state index contributed by atoms with van der Waals surface area (Å²) in [6.07, 6.45) is 3.43. The third kappa shape index (κ3) is 2.18. The van der Waals surface area contributed by atoms with Crippen LogP contribution in [0.1, 0.15) is 38.7 Å². The van der Waals surface area contributed by atoms with Crippen molar-refractivity contribution in [1.82, 2.24) is 0 Å². The molecular formula is C15H21ClO. The summed E-state index contributed by atoms with van der Waals surface area (Å²) >= 11 is 6.38. The Balaban J connectivity index is 2.10. The molecule has 17 heavy (non-hydrogen) atoms. The topological polar surface area (TPSA) is 9.23 Å². The lowest BCUT2D eigenvalue weighted by atomic mass is 9.62. The zero-order chi connectivity index (χ0) is 12.5. The van der Waals surface area contributed by atoms with Crippen molar-refractivity contribution in [2.24, 2.45) is 5.41 Å². The van der Waals surface area contributed by atoms with E-state index in [0.717, 1.165) is 25.0 Å². The van der Waals surface area contributed by atoms with Crippen molar-refractivity contribution in [3.63, 3.8) is 0 Å². The lowest BCUT2D eigenvalue weighted by Crippen LogP contribution is -2.56. The Labute approximate surface area is 109 Å². The Morgan fingerprint density at radius 2 is 2.06 bits per heavy atom. The molecule has 0 aliphatic heterocycles. The van der Waals surface area contributed by atoms with Gasteiger partial charge in [-0.25, -0.2) is 0 Å². The van der Waals surface area contributed by atoms with Gasteiger partial charge in [-0.1, -0.05) is 26.0 Å². The molecule has 1 aromatic rings. The fourth-order valence-corrected chi connectivity index (χ4v) is 3.48. The third-order valence-electron chi connectivity index (χ3n) is 4.27. The molecule has 2 atom stereocenters. The number of benzene rings is 1. The summed E-state index contributed by atoms with van der Waals surface area (Å²) in [7, 11) is 0. The molecule has 0 saturated heterocycles. The average molecular weight is 253 g/mol. The molecule has 94 valence electrons. The summed E-state index contributed by atoms with van der Waals surface area (Å²) in [6.45, 7) is 6.51. The summed E-state index contributed by atoms with van der Waals surface area (Å²) < 4.78 is 6.11. The molecule has 1 nitrogen and oxygen atoms in total. The van der Waals surface area contributed by atoms with E-state index in [-0.39, 0.29) is 16.9 Å². The van der Waals surface area contributed by atoms with Gasteiger partial charge in [0.1, 0.15) is 11.9 Å². The number of hydrogen-bond acceptors (Lipinski definition) is 1. The first-order valence-electron chi connectivity index (χ1n) is 6.49. The normalized spacial score (nSPS) is 26.4. The summed E-state index contributed by atoms with van der Waals surface area (Å²) in [6, 6.07) is 8.26. The molecule has 2 unspecified atom stereocenters. The maximum absolute atomic E-state index is 6.38. The Kier molecular flexibility index (Phi) is 3.67. The second-order valence-electron chi connectivity index (χ2n) is 5.07. The summed E-state index contributed by atoms with van der Waals surface area (Å²) in [4.78, 5) is 0. The largest absolute Gasteiger partial charge is 0.490 e. The molecule has 1 aromatic carbocycles. The van der Waals surface area contributed by atoms with E-state index in [1.165, 1.54) is 5.56 Å². The number of halogens is 1. The van der Waals surface area contributed by atoms with E-state index in [4.69, 9.17) is 16.3 Å². The molecule has 2 heteroatoms. The summed E-state index contributed by atoms with van der Waals surface area (Å²) in [5.74, 6) is 0.977. The summed E-state index contributed by atoms with van der Waals surface area (Å²) in [5.41, 5.74) is 1.41. The van der Waals surface area contributed by atoms with Gasteiger partial charge in [-0.05, 0) is 37.5 Å². The van der Waals surface area contributed by atoms with Gasteiger partial charge < -0.3 is 4.74 Å². The van der Waals surface area contributed by atoms with Crippen LogP contribution in [0.25, 0.3) is 0 Å². The SMILES string of the molecule is CCC1(CC)C(Cl)CC1Oc1cccc(C)c1. The average Bonchev–Trinajstić information content (AvgIpc) is 2.30. The van der Waals surface area contributed by atoms with Crippen molar-refractivity contribution in [2.75, 3.05) is 0 Å². The van der Waals surface area contributed by atoms with Gasteiger partial charge in [0.05, 0.1) is 0 Å². The van der Waals surface area contributed by atoms with Crippen LogP contribution in [0.5, 0.6) is 5.75 Å². The highest BCUT2D eigenvalue weighted by atomic mass is 35.5. The minimum absolute atomic E-state index is 0.172. The predicted molar refractivity (Wildman–Crippen MR) is 72.9 cm³/mol. The van der Waals surface area contributed by atoms with E-state index in [0.29, 0.717) is 0 Å².